The van der Waals surface area contributed by atoms with E-state index >= 15 is 0 Å². The Labute approximate surface area is 134 Å². The van der Waals surface area contributed by atoms with Gasteiger partial charge < -0.3 is 10.6 Å². The van der Waals surface area contributed by atoms with Gasteiger partial charge in [-0.25, -0.2) is 4.79 Å². The number of benzene rings is 1. The van der Waals surface area contributed by atoms with Crippen LogP contribution in [-0.4, -0.2) is 12.1 Å². The molecule has 0 heterocycles. The smallest absolute Gasteiger partial charge is 0.319 e. The maximum absolute atomic E-state index is 12.1. The van der Waals surface area contributed by atoms with E-state index in [0.29, 0.717) is 5.92 Å². The summed E-state index contributed by atoms with van der Waals surface area (Å²) in [6.45, 7) is 2.15. The molecule has 4 unspecified atom stereocenters. The average Bonchev–Trinajstić information content (AvgIpc) is 3.03. The normalized spacial score (nSPS) is 29.2. The molecule has 2 bridgehead atoms. The summed E-state index contributed by atoms with van der Waals surface area (Å²) in [5.74, 6) is 2.44. The van der Waals surface area contributed by atoms with E-state index in [4.69, 9.17) is 0 Å². The number of para-hydroxylation sites is 1. The molecule has 0 aliphatic heterocycles. The second kappa shape index (κ2) is 5.92. The van der Waals surface area contributed by atoms with Gasteiger partial charge >= 0.3 is 6.03 Å². The van der Waals surface area contributed by atoms with Crippen LogP contribution in [0.1, 0.15) is 32.6 Å². The molecule has 20 heavy (non-hydrogen) atoms. The third kappa shape index (κ3) is 2.95. The Morgan fingerprint density at radius 3 is 2.75 bits per heavy atom. The molecule has 2 saturated carbocycles. The molecule has 4 atom stereocenters. The van der Waals surface area contributed by atoms with Gasteiger partial charge in [0.15, 0.2) is 0 Å². The molecule has 108 valence electrons. The third-order valence-corrected chi connectivity index (χ3v) is 5.86. The van der Waals surface area contributed by atoms with Crippen molar-refractivity contribution in [3.05, 3.63) is 27.8 Å². The first-order valence-electron chi connectivity index (χ1n) is 7.45. The van der Waals surface area contributed by atoms with Crippen LogP contribution < -0.4 is 10.6 Å². The van der Waals surface area contributed by atoms with Crippen molar-refractivity contribution in [3.8, 4) is 0 Å². The number of urea groups is 1. The van der Waals surface area contributed by atoms with Crippen molar-refractivity contribution < 1.29 is 4.79 Å². The number of hydrogen-bond acceptors (Lipinski definition) is 1. The second-order valence-electron chi connectivity index (χ2n) is 6.21. The molecule has 3 nitrogen and oxygen atoms in total. The lowest BCUT2D eigenvalue weighted by Crippen LogP contribution is -2.42. The fraction of sp³-hybridized carbons (Fsp3) is 0.562. The van der Waals surface area contributed by atoms with Gasteiger partial charge in [0.2, 0.25) is 0 Å². The van der Waals surface area contributed by atoms with E-state index in [1.807, 2.05) is 24.3 Å². The fourth-order valence-corrected chi connectivity index (χ4v) is 4.46. The van der Waals surface area contributed by atoms with E-state index in [2.05, 4.69) is 40.1 Å². The molecule has 1 aromatic rings. The summed E-state index contributed by atoms with van der Waals surface area (Å²) >= 11 is 2.24. The molecule has 0 aromatic heterocycles. The first-order valence-corrected chi connectivity index (χ1v) is 8.53. The van der Waals surface area contributed by atoms with Gasteiger partial charge in [0.1, 0.15) is 0 Å². The van der Waals surface area contributed by atoms with Crippen LogP contribution in [0.4, 0.5) is 10.5 Å². The number of amides is 2. The molecule has 4 heteroatoms. The Morgan fingerprint density at radius 1 is 1.30 bits per heavy atom. The number of carbonyl (C=O) groups excluding carboxylic acids is 1. The summed E-state index contributed by atoms with van der Waals surface area (Å²) in [7, 11) is 0. The minimum atomic E-state index is -0.0793. The maximum atomic E-state index is 12.1. The molecule has 2 aliphatic carbocycles. The molecular weight excluding hydrogens is 363 g/mol. The molecular formula is C16H21IN2O. The van der Waals surface area contributed by atoms with Crippen LogP contribution in [0.25, 0.3) is 0 Å². The lowest BCUT2D eigenvalue weighted by atomic mass is 9.84. The number of halogens is 1. The quantitative estimate of drug-likeness (QED) is 0.753. The van der Waals surface area contributed by atoms with Crippen molar-refractivity contribution in [1.29, 1.82) is 0 Å². The summed E-state index contributed by atoms with van der Waals surface area (Å²) in [6, 6.07) is 8.04. The Hall–Kier alpha value is -0.780. The average molecular weight is 384 g/mol. The highest BCUT2D eigenvalue weighted by atomic mass is 127. The van der Waals surface area contributed by atoms with Gasteiger partial charge in [0.05, 0.1) is 5.69 Å². The van der Waals surface area contributed by atoms with Gasteiger partial charge in [-0.2, -0.15) is 0 Å². The van der Waals surface area contributed by atoms with Crippen molar-refractivity contribution in [1.82, 2.24) is 5.32 Å². The van der Waals surface area contributed by atoms with Gasteiger partial charge in [0.25, 0.3) is 0 Å². The number of nitrogens with one attached hydrogen (secondary N) is 2. The van der Waals surface area contributed by atoms with Crippen molar-refractivity contribution in [2.45, 2.75) is 38.6 Å². The number of hydrogen-bond donors (Lipinski definition) is 2. The highest BCUT2D eigenvalue weighted by molar-refractivity contribution is 14.1. The molecule has 2 fully saturated rings. The Bertz CT molecular complexity index is 505. The number of rotatable bonds is 3. The highest BCUT2D eigenvalue weighted by Gasteiger charge is 2.42. The lowest BCUT2D eigenvalue weighted by molar-refractivity contribution is 0.230. The van der Waals surface area contributed by atoms with Crippen LogP contribution in [0.5, 0.6) is 0 Å². The summed E-state index contributed by atoms with van der Waals surface area (Å²) in [5, 5.41) is 6.08. The standard InChI is InChI=1S/C16H21IN2O/c1-10(13-9-11-6-7-12(13)8-11)18-16(20)19-15-5-3-2-4-14(15)17/h2-5,10-13H,6-9H2,1H3,(H2,18,19,20). The summed E-state index contributed by atoms with van der Waals surface area (Å²) in [4.78, 5) is 12.1. The zero-order chi connectivity index (χ0) is 14.1. The number of fused-ring (bicyclic) bond motifs is 2. The predicted octanol–water partition coefficient (Wildman–Crippen LogP) is 4.24. The van der Waals surface area contributed by atoms with Crippen molar-refractivity contribution in [2.24, 2.45) is 17.8 Å². The number of carbonyl (C=O) groups is 1. The Morgan fingerprint density at radius 2 is 2.10 bits per heavy atom. The molecule has 0 radical (unpaired) electrons. The molecule has 1 aromatic carbocycles. The van der Waals surface area contributed by atoms with Crippen LogP contribution in [0, 0.1) is 21.3 Å². The van der Waals surface area contributed by atoms with Gasteiger partial charge in [-0.3, -0.25) is 0 Å². The van der Waals surface area contributed by atoms with Crippen LogP contribution >= 0.6 is 22.6 Å². The van der Waals surface area contributed by atoms with Crippen molar-refractivity contribution >= 4 is 34.3 Å². The molecule has 2 N–H and O–H groups in total. The lowest BCUT2D eigenvalue weighted by Gasteiger charge is -2.28. The van der Waals surface area contributed by atoms with Crippen LogP contribution in [0.2, 0.25) is 0 Å². The SMILES string of the molecule is CC(NC(=O)Nc1ccccc1I)C1CC2CCC1C2. The molecule has 0 saturated heterocycles. The van der Waals surface area contributed by atoms with E-state index in [-0.39, 0.29) is 12.1 Å². The topological polar surface area (TPSA) is 41.1 Å². The van der Waals surface area contributed by atoms with Gasteiger partial charge in [-0.1, -0.05) is 18.6 Å². The molecule has 2 aliphatic rings. The summed E-state index contributed by atoms with van der Waals surface area (Å²) in [5.41, 5.74) is 0.880. The zero-order valence-electron chi connectivity index (χ0n) is 11.7. The predicted molar refractivity (Wildman–Crippen MR) is 89.7 cm³/mol. The van der Waals surface area contributed by atoms with Crippen LogP contribution in [0.15, 0.2) is 24.3 Å². The van der Waals surface area contributed by atoms with E-state index in [0.717, 1.165) is 21.1 Å². The molecule has 2 amide bonds. The van der Waals surface area contributed by atoms with Crippen molar-refractivity contribution in [2.75, 3.05) is 5.32 Å². The van der Waals surface area contributed by atoms with E-state index in [1.165, 1.54) is 25.7 Å². The second-order valence-corrected chi connectivity index (χ2v) is 7.37. The van der Waals surface area contributed by atoms with Crippen LogP contribution in [0.3, 0.4) is 0 Å². The third-order valence-electron chi connectivity index (χ3n) is 4.92. The number of anilines is 1. The Kier molecular flexibility index (Phi) is 4.19. The first-order chi connectivity index (χ1) is 9.63. The fourth-order valence-electron chi connectivity index (χ4n) is 3.94. The minimum Gasteiger partial charge on any atom is -0.335 e. The minimum absolute atomic E-state index is 0.0793. The van der Waals surface area contributed by atoms with E-state index in [1.54, 1.807) is 0 Å². The summed E-state index contributed by atoms with van der Waals surface area (Å²) in [6.07, 6.45) is 5.45. The van der Waals surface area contributed by atoms with E-state index < -0.39 is 0 Å². The Balaban J connectivity index is 1.55. The maximum Gasteiger partial charge on any atom is 0.319 e. The highest BCUT2D eigenvalue weighted by Crippen LogP contribution is 2.49. The van der Waals surface area contributed by atoms with Gasteiger partial charge in [0, 0.05) is 9.61 Å². The molecule has 3 rings (SSSR count). The largest absolute Gasteiger partial charge is 0.335 e. The van der Waals surface area contributed by atoms with Gasteiger partial charge in [-0.05, 0) is 78.7 Å². The first kappa shape index (κ1) is 14.2. The molecule has 0 spiro atoms. The monoisotopic (exact) mass is 384 g/mol. The van der Waals surface area contributed by atoms with Gasteiger partial charge in [-0.15, -0.1) is 0 Å². The van der Waals surface area contributed by atoms with Crippen LogP contribution in [-0.2, 0) is 0 Å². The van der Waals surface area contributed by atoms with E-state index in [9.17, 15) is 4.79 Å². The van der Waals surface area contributed by atoms with Crippen molar-refractivity contribution in [3.63, 3.8) is 0 Å². The summed E-state index contributed by atoms with van der Waals surface area (Å²) < 4.78 is 1.06. The zero-order valence-corrected chi connectivity index (χ0v) is 13.9.